The molecule has 0 saturated carbocycles. The zero-order chi connectivity index (χ0) is 23.5. The Morgan fingerprint density at radius 2 is 1.11 bits per heavy atom. The molecule has 0 spiro atoms. The second-order valence-electron chi connectivity index (χ2n) is 9.35. The Bertz CT molecular complexity index is 1130. The number of hydrogen-bond donors (Lipinski definition) is 0. The standard InChI is InChI=1S/C29H30O6/c1-2-4-28(34-18-26-16-32-26)22(3-1)12-21-7-10-29(35-19-27-17-33-27)23(13-21)11-20-5-8-24(9-6-20)30-14-25-15-31-25/h1-10,13,25-27H,11-12,14-19H2. The summed E-state index contributed by atoms with van der Waals surface area (Å²) in [5, 5.41) is 0. The van der Waals surface area contributed by atoms with E-state index < -0.39 is 0 Å². The maximum absolute atomic E-state index is 6.13. The molecule has 6 heteroatoms. The lowest BCUT2D eigenvalue weighted by atomic mass is 9.98. The molecular formula is C29H30O6. The second kappa shape index (κ2) is 10.3. The van der Waals surface area contributed by atoms with Gasteiger partial charge in [0.05, 0.1) is 19.8 Å². The molecule has 3 aromatic carbocycles. The summed E-state index contributed by atoms with van der Waals surface area (Å²) < 4.78 is 33.8. The SMILES string of the molecule is c1ccc(OCC2CO2)c(Cc2ccc(OCC3CO3)c(Cc3ccc(OCC4CO4)cc3)c2)c1. The lowest BCUT2D eigenvalue weighted by molar-refractivity contribution is 0.261. The van der Waals surface area contributed by atoms with Gasteiger partial charge in [0, 0.05) is 12.8 Å². The van der Waals surface area contributed by atoms with Crippen LogP contribution < -0.4 is 14.2 Å². The lowest BCUT2D eigenvalue weighted by Crippen LogP contribution is -2.07. The molecule has 0 radical (unpaired) electrons. The van der Waals surface area contributed by atoms with Crippen LogP contribution in [0.5, 0.6) is 17.2 Å². The summed E-state index contributed by atoms with van der Waals surface area (Å²) in [5.74, 6) is 2.70. The Morgan fingerprint density at radius 1 is 0.571 bits per heavy atom. The molecular weight excluding hydrogens is 444 g/mol. The van der Waals surface area contributed by atoms with E-state index in [9.17, 15) is 0 Å². The van der Waals surface area contributed by atoms with Gasteiger partial charge in [0.15, 0.2) is 0 Å². The van der Waals surface area contributed by atoms with Crippen LogP contribution in [0.15, 0.2) is 66.7 Å². The Labute approximate surface area is 205 Å². The third-order valence-electron chi connectivity index (χ3n) is 6.30. The number of benzene rings is 3. The Kier molecular flexibility index (Phi) is 6.58. The van der Waals surface area contributed by atoms with Gasteiger partial charge in [-0.05, 0) is 46.5 Å². The quantitative estimate of drug-likeness (QED) is 0.346. The molecule has 35 heavy (non-hydrogen) atoms. The molecule has 182 valence electrons. The predicted molar refractivity (Wildman–Crippen MR) is 131 cm³/mol. The summed E-state index contributed by atoms with van der Waals surface area (Å²) >= 11 is 0. The molecule has 3 saturated heterocycles. The minimum Gasteiger partial charge on any atom is -0.491 e. The van der Waals surface area contributed by atoms with Crippen molar-refractivity contribution >= 4 is 0 Å². The van der Waals surface area contributed by atoms with Gasteiger partial charge in [-0.25, -0.2) is 0 Å². The fourth-order valence-electron chi connectivity index (χ4n) is 4.00. The van der Waals surface area contributed by atoms with Gasteiger partial charge in [0.1, 0.15) is 55.4 Å². The summed E-state index contributed by atoms with van der Waals surface area (Å²) in [7, 11) is 0. The van der Waals surface area contributed by atoms with E-state index in [1.807, 2.05) is 24.3 Å². The Balaban J connectivity index is 1.17. The molecule has 0 bridgehead atoms. The highest BCUT2D eigenvalue weighted by molar-refractivity contribution is 5.44. The van der Waals surface area contributed by atoms with Gasteiger partial charge in [0.2, 0.25) is 0 Å². The summed E-state index contributed by atoms with van der Waals surface area (Å²) in [5.41, 5.74) is 4.75. The van der Waals surface area contributed by atoms with Crippen LogP contribution in [0.2, 0.25) is 0 Å². The molecule has 3 unspecified atom stereocenters. The average molecular weight is 475 g/mol. The zero-order valence-corrected chi connectivity index (χ0v) is 19.7. The van der Waals surface area contributed by atoms with Crippen LogP contribution in [0.25, 0.3) is 0 Å². The molecule has 3 heterocycles. The van der Waals surface area contributed by atoms with E-state index in [1.54, 1.807) is 0 Å². The highest BCUT2D eigenvalue weighted by Crippen LogP contribution is 2.29. The summed E-state index contributed by atoms with van der Waals surface area (Å²) in [6.45, 7) is 4.18. The monoisotopic (exact) mass is 474 g/mol. The number of rotatable bonds is 13. The summed E-state index contributed by atoms with van der Waals surface area (Å²) in [6.07, 6.45) is 2.27. The van der Waals surface area contributed by atoms with E-state index in [0.29, 0.717) is 19.8 Å². The molecule has 6 rings (SSSR count). The van der Waals surface area contributed by atoms with Gasteiger partial charge in [-0.15, -0.1) is 0 Å². The van der Waals surface area contributed by atoms with Crippen molar-refractivity contribution in [2.45, 2.75) is 31.2 Å². The Hall–Kier alpha value is -3.06. The summed E-state index contributed by atoms with van der Waals surface area (Å²) in [6, 6.07) is 23.0. The first-order chi connectivity index (χ1) is 17.3. The third kappa shape index (κ3) is 6.54. The van der Waals surface area contributed by atoms with Crippen LogP contribution in [-0.2, 0) is 27.1 Å². The number of ether oxygens (including phenoxy) is 6. The topological polar surface area (TPSA) is 65.3 Å². The van der Waals surface area contributed by atoms with Crippen molar-refractivity contribution in [1.82, 2.24) is 0 Å². The largest absolute Gasteiger partial charge is 0.491 e. The first-order valence-electron chi connectivity index (χ1n) is 12.3. The van der Waals surface area contributed by atoms with Crippen LogP contribution in [0.1, 0.15) is 22.3 Å². The molecule has 0 aliphatic carbocycles. The van der Waals surface area contributed by atoms with E-state index in [0.717, 1.165) is 55.5 Å². The molecule has 3 atom stereocenters. The van der Waals surface area contributed by atoms with Gasteiger partial charge in [-0.2, -0.15) is 0 Å². The minimum absolute atomic E-state index is 0.217. The highest BCUT2D eigenvalue weighted by atomic mass is 16.6. The van der Waals surface area contributed by atoms with E-state index in [1.165, 1.54) is 16.7 Å². The lowest BCUT2D eigenvalue weighted by Gasteiger charge is -2.15. The molecule has 3 aromatic rings. The van der Waals surface area contributed by atoms with Crippen molar-refractivity contribution in [3.05, 3.63) is 89.0 Å². The third-order valence-corrected chi connectivity index (χ3v) is 6.30. The predicted octanol–water partition coefficient (Wildman–Crippen LogP) is 4.20. The fraction of sp³-hybridized carbons (Fsp3) is 0.379. The van der Waals surface area contributed by atoms with Crippen LogP contribution in [0.4, 0.5) is 0 Å². The smallest absolute Gasteiger partial charge is 0.122 e. The minimum atomic E-state index is 0.217. The molecule has 3 fully saturated rings. The highest BCUT2D eigenvalue weighted by Gasteiger charge is 2.25. The van der Waals surface area contributed by atoms with Gasteiger partial charge in [0.25, 0.3) is 0 Å². The Morgan fingerprint density at radius 3 is 1.77 bits per heavy atom. The van der Waals surface area contributed by atoms with Crippen molar-refractivity contribution in [3.63, 3.8) is 0 Å². The summed E-state index contributed by atoms with van der Waals surface area (Å²) in [4.78, 5) is 0. The van der Waals surface area contributed by atoms with Crippen molar-refractivity contribution in [3.8, 4) is 17.2 Å². The van der Waals surface area contributed by atoms with Gasteiger partial charge < -0.3 is 28.4 Å². The van der Waals surface area contributed by atoms with E-state index >= 15 is 0 Å². The van der Waals surface area contributed by atoms with Crippen molar-refractivity contribution in [1.29, 1.82) is 0 Å². The van der Waals surface area contributed by atoms with Crippen molar-refractivity contribution in [2.75, 3.05) is 39.6 Å². The van der Waals surface area contributed by atoms with Crippen molar-refractivity contribution in [2.24, 2.45) is 0 Å². The first-order valence-corrected chi connectivity index (χ1v) is 12.3. The molecule has 0 N–H and O–H groups in total. The number of hydrogen-bond acceptors (Lipinski definition) is 6. The average Bonchev–Trinajstić information content (AvgIpc) is 3.74. The molecule has 3 aliphatic heterocycles. The van der Waals surface area contributed by atoms with Gasteiger partial charge in [-0.1, -0.05) is 42.5 Å². The van der Waals surface area contributed by atoms with Crippen LogP contribution >= 0.6 is 0 Å². The second-order valence-corrected chi connectivity index (χ2v) is 9.35. The number of epoxide rings is 3. The van der Waals surface area contributed by atoms with Gasteiger partial charge >= 0.3 is 0 Å². The first kappa shape index (κ1) is 22.4. The van der Waals surface area contributed by atoms with Crippen LogP contribution in [0.3, 0.4) is 0 Å². The van der Waals surface area contributed by atoms with Crippen LogP contribution in [0, 0.1) is 0 Å². The normalized spacial score (nSPS) is 21.9. The zero-order valence-electron chi connectivity index (χ0n) is 19.7. The molecule has 0 amide bonds. The van der Waals surface area contributed by atoms with E-state index in [-0.39, 0.29) is 18.3 Å². The molecule has 6 nitrogen and oxygen atoms in total. The number of para-hydroxylation sites is 1. The fourth-order valence-corrected chi connectivity index (χ4v) is 4.00. The van der Waals surface area contributed by atoms with Crippen LogP contribution in [-0.4, -0.2) is 58.0 Å². The molecule has 0 aromatic heterocycles. The van der Waals surface area contributed by atoms with E-state index in [4.69, 9.17) is 28.4 Å². The maximum atomic E-state index is 6.13. The maximum Gasteiger partial charge on any atom is 0.122 e. The van der Waals surface area contributed by atoms with Gasteiger partial charge in [-0.3, -0.25) is 0 Å². The van der Waals surface area contributed by atoms with E-state index in [2.05, 4.69) is 42.5 Å². The van der Waals surface area contributed by atoms with Crippen molar-refractivity contribution < 1.29 is 28.4 Å². The molecule has 3 aliphatic rings.